The van der Waals surface area contributed by atoms with Gasteiger partial charge in [0, 0.05) is 20.0 Å². The van der Waals surface area contributed by atoms with E-state index in [0.29, 0.717) is 49.9 Å². The van der Waals surface area contributed by atoms with Crippen molar-refractivity contribution in [2.45, 2.75) is 33.6 Å². The Hall–Kier alpha value is -1.85. The van der Waals surface area contributed by atoms with Gasteiger partial charge in [0.15, 0.2) is 5.89 Å². The molecule has 0 aliphatic carbocycles. The fraction of sp³-hybridized carbons (Fsp3) is 0.643. The van der Waals surface area contributed by atoms with Gasteiger partial charge in [-0.15, -0.1) is 0 Å². The molecule has 1 aromatic heterocycles. The van der Waals surface area contributed by atoms with Crippen LogP contribution in [0.5, 0.6) is 0 Å². The minimum absolute atomic E-state index is 0.100. The summed E-state index contributed by atoms with van der Waals surface area (Å²) in [4.78, 5) is 29.8. The molecule has 0 N–H and O–H groups in total. The van der Waals surface area contributed by atoms with Gasteiger partial charge in [0.25, 0.3) is 5.91 Å². The molecule has 1 aliphatic rings. The van der Waals surface area contributed by atoms with Crippen molar-refractivity contribution in [2.24, 2.45) is 5.92 Å². The standard InChI is InChI=1S/C14H20N2O4/c1-4-19-14(18)11-5-7-16(8-6-11)13(17)12-9(2)15-10(3)20-12/h11H,4-8H2,1-3H3. The van der Waals surface area contributed by atoms with E-state index in [2.05, 4.69) is 4.98 Å². The third-order valence-corrected chi connectivity index (χ3v) is 3.50. The number of piperidine rings is 1. The van der Waals surface area contributed by atoms with E-state index in [-0.39, 0.29) is 17.8 Å². The number of aromatic nitrogens is 1. The number of likely N-dealkylation sites (tertiary alicyclic amines) is 1. The normalized spacial score (nSPS) is 16.2. The number of amides is 1. The average molecular weight is 280 g/mol. The second-order valence-corrected chi connectivity index (χ2v) is 4.97. The van der Waals surface area contributed by atoms with Gasteiger partial charge in [-0.3, -0.25) is 9.59 Å². The summed E-state index contributed by atoms with van der Waals surface area (Å²) in [7, 11) is 0. The molecule has 2 heterocycles. The molecule has 6 heteroatoms. The number of esters is 1. The van der Waals surface area contributed by atoms with Crippen LogP contribution in [0.4, 0.5) is 0 Å². The van der Waals surface area contributed by atoms with E-state index >= 15 is 0 Å². The highest BCUT2D eigenvalue weighted by Gasteiger charge is 2.30. The molecule has 0 unspecified atom stereocenters. The lowest BCUT2D eigenvalue weighted by Gasteiger charge is -2.30. The summed E-state index contributed by atoms with van der Waals surface area (Å²) in [5, 5.41) is 0. The lowest BCUT2D eigenvalue weighted by molar-refractivity contribution is -0.149. The molecule has 1 fully saturated rings. The van der Waals surface area contributed by atoms with Crippen molar-refractivity contribution in [3.63, 3.8) is 0 Å². The molecule has 6 nitrogen and oxygen atoms in total. The van der Waals surface area contributed by atoms with Crippen molar-refractivity contribution in [1.82, 2.24) is 9.88 Å². The van der Waals surface area contributed by atoms with Crippen LogP contribution in [0.15, 0.2) is 4.42 Å². The van der Waals surface area contributed by atoms with Crippen LogP contribution in [-0.4, -0.2) is 41.5 Å². The van der Waals surface area contributed by atoms with E-state index in [1.807, 2.05) is 0 Å². The average Bonchev–Trinajstić information content (AvgIpc) is 2.77. The van der Waals surface area contributed by atoms with E-state index < -0.39 is 0 Å². The third kappa shape index (κ3) is 3.00. The number of carbonyl (C=O) groups is 2. The Morgan fingerprint density at radius 2 is 2.00 bits per heavy atom. The van der Waals surface area contributed by atoms with Crippen molar-refractivity contribution < 1.29 is 18.7 Å². The zero-order valence-electron chi connectivity index (χ0n) is 12.1. The van der Waals surface area contributed by atoms with Gasteiger partial charge in [-0.1, -0.05) is 0 Å². The molecule has 1 saturated heterocycles. The van der Waals surface area contributed by atoms with Crippen molar-refractivity contribution >= 4 is 11.9 Å². The monoisotopic (exact) mass is 280 g/mol. The Bertz CT molecular complexity index is 501. The Labute approximate surface area is 118 Å². The lowest BCUT2D eigenvalue weighted by atomic mass is 9.97. The van der Waals surface area contributed by atoms with Gasteiger partial charge < -0.3 is 14.1 Å². The van der Waals surface area contributed by atoms with Crippen molar-refractivity contribution in [2.75, 3.05) is 19.7 Å². The van der Waals surface area contributed by atoms with Crippen LogP contribution in [0.1, 0.15) is 41.9 Å². The minimum atomic E-state index is -0.161. The van der Waals surface area contributed by atoms with Gasteiger partial charge in [-0.05, 0) is 26.7 Å². The molecule has 0 saturated carbocycles. The highest BCUT2D eigenvalue weighted by atomic mass is 16.5. The first-order chi connectivity index (χ1) is 9.52. The van der Waals surface area contributed by atoms with E-state index in [1.54, 1.807) is 25.7 Å². The Morgan fingerprint density at radius 3 is 2.50 bits per heavy atom. The fourth-order valence-electron chi connectivity index (χ4n) is 2.45. The maximum Gasteiger partial charge on any atom is 0.309 e. The van der Waals surface area contributed by atoms with Crippen molar-refractivity contribution in [3.8, 4) is 0 Å². The van der Waals surface area contributed by atoms with Crippen molar-refractivity contribution in [3.05, 3.63) is 17.3 Å². The first kappa shape index (κ1) is 14.6. The van der Waals surface area contributed by atoms with Crippen LogP contribution in [0.25, 0.3) is 0 Å². The molecule has 20 heavy (non-hydrogen) atoms. The molecule has 1 aliphatic heterocycles. The van der Waals surface area contributed by atoms with Crippen LogP contribution < -0.4 is 0 Å². The van der Waals surface area contributed by atoms with Gasteiger partial charge >= 0.3 is 5.97 Å². The molecule has 0 bridgehead atoms. The van der Waals surface area contributed by atoms with E-state index in [4.69, 9.17) is 9.15 Å². The summed E-state index contributed by atoms with van der Waals surface area (Å²) in [5.74, 6) is 0.387. The molecule has 2 rings (SSSR count). The number of rotatable bonds is 3. The molecular weight excluding hydrogens is 260 g/mol. The Morgan fingerprint density at radius 1 is 1.35 bits per heavy atom. The second kappa shape index (κ2) is 6.07. The molecule has 1 aromatic rings. The van der Waals surface area contributed by atoms with E-state index in [1.165, 1.54) is 0 Å². The molecule has 0 atom stereocenters. The number of nitrogens with zero attached hydrogens (tertiary/aromatic N) is 2. The number of oxazole rings is 1. The van der Waals surface area contributed by atoms with Crippen molar-refractivity contribution in [1.29, 1.82) is 0 Å². The zero-order valence-corrected chi connectivity index (χ0v) is 12.1. The minimum Gasteiger partial charge on any atom is -0.466 e. The van der Waals surface area contributed by atoms with Crippen LogP contribution in [-0.2, 0) is 9.53 Å². The summed E-state index contributed by atoms with van der Waals surface area (Å²) in [6.45, 7) is 6.76. The van der Waals surface area contributed by atoms with Crippen LogP contribution in [0, 0.1) is 19.8 Å². The number of hydrogen-bond acceptors (Lipinski definition) is 5. The fourth-order valence-corrected chi connectivity index (χ4v) is 2.45. The predicted molar refractivity (Wildman–Crippen MR) is 71.2 cm³/mol. The van der Waals surface area contributed by atoms with Crippen LogP contribution in [0.2, 0.25) is 0 Å². The molecule has 0 radical (unpaired) electrons. The highest BCUT2D eigenvalue weighted by molar-refractivity contribution is 5.92. The largest absolute Gasteiger partial charge is 0.466 e. The molecule has 0 spiro atoms. The Balaban J connectivity index is 1.95. The second-order valence-electron chi connectivity index (χ2n) is 4.97. The zero-order chi connectivity index (χ0) is 14.7. The van der Waals surface area contributed by atoms with Gasteiger partial charge in [-0.25, -0.2) is 4.98 Å². The highest BCUT2D eigenvalue weighted by Crippen LogP contribution is 2.21. The number of carbonyl (C=O) groups excluding carboxylic acids is 2. The quantitative estimate of drug-likeness (QED) is 0.788. The number of hydrogen-bond donors (Lipinski definition) is 0. The summed E-state index contributed by atoms with van der Waals surface area (Å²) >= 11 is 0. The summed E-state index contributed by atoms with van der Waals surface area (Å²) in [6, 6.07) is 0. The summed E-state index contributed by atoms with van der Waals surface area (Å²) in [6.07, 6.45) is 1.27. The molecule has 110 valence electrons. The van der Waals surface area contributed by atoms with Crippen LogP contribution in [0.3, 0.4) is 0 Å². The smallest absolute Gasteiger partial charge is 0.309 e. The molecule has 1 amide bonds. The number of ether oxygens (including phenoxy) is 1. The van der Waals surface area contributed by atoms with E-state index in [0.717, 1.165) is 0 Å². The molecular formula is C14H20N2O4. The predicted octanol–water partition coefficient (Wildman–Crippen LogP) is 1.71. The first-order valence-electron chi connectivity index (χ1n) is 6.92. The topological polar surface area (TPSA) is 72.6 Å². The van der Waals surface area contributed by atoms with Gasteiger partial charge in [-0.2, -0.15) is 0 Å². The maximum atomic E-state index is 12.3. The summed E-state index contributed by atoms with van der Waals surface area (Å²) < 4.78 is 10.4. The van der Waals surface area contributed by atoms with Gasteiger partial charge in [0.1, 0.15) is 0 Å². The first-order valence-corrected chi connectivity index (χ1v) is 6.92. The SMILES string of the molecule is CCOC(=O)C1CCN(C(=O)c2oc(C)nc2C)CC1. The molecule has 0 aromatic carbocycles. The maximum absolute atomic E-state index is 12.3. The van der Waals surface area contributed by atoms with Gasteiger partial charge in [0.05, 0.1) is 18.2 Å². The number of aryl methyl sites for hydroxylation is 2. The Kier molecular flexibility index (Phi) is 4.42. The third-order valence-electron chi connectivity index (χ3n) is 3.50. The lowest BCUT2D eigenvalue weighted by Crippen LogP contribution is -2.40. The van der Waals surface area contributed by atoms with E-state index in [9.17, 15) is 9.59 Å². The van der Waals surface area contributed by atoms with Crippen LogP contribution >= 0.6 is 0 Å². The summed E-state index contributed by atoms with van der Waals surface area (Å²) in [5.41, 5.74) is 0.611. The van der Waals surface area contributed by atoms with Gasteiger partial charge in [0.2, 0.25) is 5.76 Å².